The van der Waals surface area contributed by atoms with Gasteiger partial charge in [-0.3, -0.25) is 0 Å². The standard InChI is InChI=1S/C14H11/c1-2-6-12-10-14-8-4-3-7-13(14)9-11(12)5-1/h1-9H,10H2/q-1. The zero-order valence-electron chi connectivity index (χ0n) is 7.90. The van der Waals surface area contributed by atoms with E-state index in [9.17, 15) is 0 Å². The van der Waals surface area contributed by atoms with Crippen LogP contribution >= 0.6 is 0 Å². The van der Waals surface area contributed by atoms with Gasteiger partial charge in [0.1, 0.15) is 0 Å². The fourth-order valence-electron chi connectivity index (χ4n) is 2.04. The van der Waals surface area contributed by atoms with Crippen LogP contribution < -0.4 is 0 Å². The Bertz CT molecular complexity index is 381. The SMILES string of the molecule is c1ccc2c(c1)[CH-]c1ccccc1C2. The fourth-order valence-corrected chi connectivity index (χ4v) is 2.04. The molecule has 14 heavy (non-hydrogen) atoms. The highest BCUT2D eigenvalue weighted by molar-refractivity contribution is 5.52. The lowest BCUT2D eigenvalue weighted by Crippen LogP contribution is -2.04. The Kier molecular flexibility index (Phi) is 1.60. The van der Waals surface area contributed by atoms with E-state index in [0.29, 0.717) is 0 Å². The Labute approximate surface area is 84.2 Å². The Morgan fingerprint density at radius 3 is 1.79 bits per heavy atom. The molecule has 0 unspecified atom stereocenters. The second-order valence-corrected chi connectivity index (χ2v) is 3.72. The summed E-state index contributed by atoms with van der Waals surface area (Å²) >= 11 is 0. The van der Waals surface area contributed by atoms with E-state index < -0.39 is 0 Å². The smallest absolute Gasteiger partial charge is 0.0569 e. The largest absolute Gasteiger partial charge is 0.126 e. The second-order valence-electron chi connectivity index (χ2n) is 3.72. The van der Waals surface area contributed by atoms with Gasteiger partial charge in [0.15, 0.2) is 0 Å². The normalized spacial score (nSPS) is 12.6. The molecule has 0 atom stereocenters. The van der Waals surface area contributed by atoms with Crippen LogP contribution in [0.25, 0.3) is 0 Å². The van der Waals surface area contributed by atoms with Crippen molar-refractivity contribution >= 4 is 0 Å². The first kappa shape index (κ1) is 7.69. The molecule has 1 aliphatic rings. The summed E-state index contributed by atoms with van der Waals surface area (Å²) in [7, 11) is 0. The zero-order chi connectivity index (χ0) is 9.38. The van der Waals surface area contributed by atoms with Gasteiger partial charge in [-0.1, -0.05) is 42.8 Å². The molecule has 0 aliphatic heterocycles. The lowest BCUT2D eigenvalue weighted by molar-refractivity contribution is 1.10. The summed E-state index contributed by atoms with van der Waals surface area (Å²) in [6.45, 7) is 0. The molecule has 0 N–H and O–H groups in total. The van der Waals surface area contributed by atoms with Crippen LogP contribution in [0, 0.1) is 6.42 Å². The van der Waals surface area contributed by atoms with Crippen molar-refractivity contribution in [2.24, 2.45) is 0 Å². The third-order valence-corrected chi connectivity index (χ3v) is 2.80. The molecule has 0 saturated heterocycles. The minimum atomic E-state index is 1.07. The Morgan fingerprint density at radius 2 is 1.21 bits per heavy atom. The van der Waals surface area contributed by atoms with Crippen LogP contribution in [0.3, 0.4) is 0 Å². The van der Waals surface area contributed by atoms with E-state index in [1.807, 2.05) is 0 Å². The highest BCUT2D eigenvalue weighted by atomic mass is 14.2. The molecule has 0 fully saturated rings. The highest BCUT2D eigenvalue weighted by Gasteiger charge is 2.05. The maximum atomic E-state index is 2.27. The number of benzene rings is 2. The first-order valence-electron chi connectivity index (χ1n) is 4.94. The molecule has 0 saturated carbocycles. The number of rotatable bonds is 0. The number of hydrogen-bond acceptors (Lipinski definition) is 0. The van der Waals surface area contributed by atoms with E-state index in [1.165, 1.54) is 22.3 Å². The van der Waals surface area contributed by atoms with Crippen LogP contribution in [-0.4, -0.2) is 0 Å². The molecule has 0 nitrogen and oxygen atoms in total. The van der Waals surface area contributed by atoms with Crippen molar-refractivity contribution in [3.8, 4) is 0 Å². The number of fused-ring (bicyclic) bond motifs is 2. The van der Waals surface area contributed by atoms with E-state index in [4.69, 9.17) is 0 Å². The predicted molar refractivity (Wildman–Crippen MR) is 58.2 cm³/mol. The van der Waals surface area contributed by atoms with Crippen molar-refractivity contribution in [1.29, 1.82) is 0 Å². The molecule has 0 radical (unpaired) electrons. The van der Waals surface area contributed by atoms with Crippen LogP contribution in [-0.2, 0) is 6.42 Å². The molecular weight excluding hydrogens is 168 g/mol. The Balaban J connectivity index is 2.12. The molecule has 2 aromatic rings. The summed E-state index contributed by atoms with van der Waals surface area (Å²) in [5.41, 5.74) is 5.61. The maximum absolute atomic E-state index is 2.27. The van der Waals surface area contributed by atoms with Gasteiger partial charge in [-0.05, 0) is 0 Å². The van der Waals surface area contributed by atoms with Gasteiger partial charge in [0.05, 0.1) is 0 Å². The van der Waals surface area contributed by atoms with E-state index in [1.54, 1.807) is 0 Å². The minimum absolute atomic E-state index is 1.07. The topological polar surface area (TPSA) is 0 Å². The van der Waals surface area contributed by atoms with Crippen LogP contribution in [0.2, 0.25) is 0 Å². The maximum Gasteiger partial charge on any atom is -0.0569 e. The molecule has 2 aromatic carbocycles. The molecule has 0 heteroatoms. The number of hydrogen-bond donors (Lipinski definition) is 0. The molecule has 0 aromatic heterocycles. The lowest BCUT2D eigenvalue weighted by atomic mass is 9.86. The minimum Gasteiger partial charge on any atom is -0.126 e. The van der Waals surface area contributed by atoms with Gasteiger partial charge in [-0.15, -0.1) is 40.8 Å². The zero-order valence-corrected chi connectivity index (χ0v) is 7.90. The monoisotopic (exact) mass is 179 g/mol. The van der Waals surface area contributed by atoms with Crippen molar-refractivity contribution in [3.63, 3.8) is 0 Å². The summed E-state index contributed by atoms with van der Waals surface area (Å²) in [5.74, 6) is 0. The Hall–Kier alpha value is -1.69. The summed E-state index contributed by atoms with van der Waals surface area (Å²) in [6, 6.07) is 17.2. The van der Waals surface area contributed by atoms with Crippen molar-refractivity contribution in [1.82, 2.24) is 0 Å². The van der Waals surface area contributed by atoms with Gasteiger partial charge in [0.25, 0.3) is 0 Å². The predicted octanol–water partition coefficient (Wildman–Crippen LogP) is 3.19. The molecular formula is C14H11-. The van der Waals surface area contributed by atoms with Crippen molar-refractivity contribution in [2.45, 2.75) is 6.42 Å². The van der Waals surface area contributed by atoms with E-state index in [2.05, 4.69) is 55.0 Å². The average molecular weight is 179 g/mol. The highest BCUT2D eigenvalue weighted by Crippen LogP contribution is 2.27. The quantitative estimate of drug-likeness (QED) is 0.465. The van der Waals surface area contributed by atoms with E-state index in [0.717, 1.165) is 6.42 Å². The molecule has 0 amide bonds. The van der Waals surface area contributed by atoms with Crippen molar-refractivity contribution < 1.29 is 0 Å². The van der Waals surface area contributed by atoms with Crippen LogP contribution in [0.5, 0.6) is 0 Å². The van der Waals surface area contributed by atoms with E-state index >= 15 is 0 Å². The molecule has 0 bridgehead atoms. The summed E-state index contributed by atoms with van der Waals surface area (Å²) in [4.78, 5) is 0. The van der Waals surface area contributed by atoms with Gasteiger partial charge in [0.2, 0.25) is 0 Å². The van der Waals surface area contributed by atoms with Crippen molar-refractivity contribution in [3.05, 3.63) is 77.2 Å². The summed E-state index contributed by atoms with van der Waals surface area (Å²) in [5, 5.41) is 0. The summed E-state index contributed by atoms with van der Waals surface area (Å²) < 4.78 is 0. The summed E-state index contributed by atoms with van der Waals surface area (Å²) in [6.07, 6.45) is 3.34. The van der Waals surface area contributed by atoms with E-state index in [-0.39, 0.29) is 0 Å². The third kappa shape index (κ3) is 1.12. The molecule has 1 aliphatic carbocycles. The first-order chi connectivity index (χ1) is 6.93. The fraction of sp³-hybridized carbons (Fsp3) is 0.0714. The Morgan fingerprint density at radius 1 is 0.714 bits per heavy atom. The van der Waals surface area contributed by atoms with Crippen molar-refractivity contribution in [2.75, 3.05) is 0 Å². The van der Waals surface area contributed by atoms with Gasteiger partial charge in [-0.25, -0.2) is 0 Å². The van der Waals surface area contributed by atoms with Gasteiger partial charge >= 0.3 is 0 Å². The van der Waals surface area contributed by atoms with Crippen LogP contribution in [0.4, 0.5) is 0 Å². The molecule has 3 rings (SSSR count). The van der Waals surface area contributed by atoms with Crippen LogP contribution in [0.1, 0.15) is 22.3 Å². The third-order valence-electron chi connectivity index (χ3n) is 2.80. The molecule has 68 valence electrons. The molecule has 0 heterocycles. The lowest BCUT2D eigenvalue weighted by Gasteiger charge is -2.26. The average Bonchev–Trinajstić information content (AvgIpc) is 2.26. The van der Waals surface area contributed by atoms with Gasteiger partial charge in [0, 0.05) is 0 Å². The van der Waals surface area contributed by atoms with Crippen LogP contribution in [0.15, 0.2) is 48.5 Å². The van der Waals surface area contributed by atoms with Gasteiger partial charge < -0.3 is 0 Å². The second kappa shape index (κ2) is 2.91. The van der Waals surface area contributed by atoms with Gasteiger partial charge in [-0.2, -0.15) is 0 Å². The first-order valence-corrected chi connectivity index (χ1v) is 4.94. The molecule has 0 spiro atoms.